The molecule has 0 spiro atoms. The average molecular weight is 223 g/mol. The van der Waals surface area contributed by atoms with Crippen LogP contribution in [0.15, 0.2) is 18.2 Å². The van der Waals surface area contributed by atoms with E-state index in [1.54, 1.807) is 17.7 Å². The number of carbonyl (C=O) groups is 1. The SMILES string of the molecule is CC(=O)Cn1nc2cc(Cl)ccc2c1C. The summed E-state index contributed by atoms with van der Waals surface area (Å²) in [4.78, 5) is 11.0. The first kappa shape index (κ1) is 10.2. The molecule has 0 saturated carbocycles. The molecule has 0 amide bonds. The Hall–Kier alpha value is -1.35. The second-order valence-corrected chi connectivity index (χ2v) is 4.04. The molecule has 0 bridgehead atoms. The summed E-state index contributed by atoms with van der Waals surface area (Å²) in [6.07, 6.45) is 0. The number of nitrogens with zero attached hydrogens (tertiary/aromatic N) is 2. The number of aromatic nitrogens is 2. The predicted molar refractivity (Wildman–Crippen MR) is 60.2 cm³/mol. The van der Waals surface area contributed by atoms with Crippen LogP contribution in [-0.4, -0.2) is 15.6 Å². The molecule has 0 unspecified atom stereocenters. The Bertz CT molecular complexity index is 531. The number of rotatable bonds is 2. The molecule has 0 N–H and O–H groups in total. The van der Waals surface area contributed by atoms with Gasteiger partial charge in [-0.15, -0.1) is 0 Å². The molecule has 3 nitrogen and oxygen atoms in total. The van der Waals surface area contributed by atoms with Crippen LogP contribution < -0.4 is 0 Å². The van der Waals surface area contributed by atoms with Crippen LogP contribution in [0.3, 0.4) is 0 Å². The summed E-state index contributed by atoms with van der Waals surface area (Å²) < 4.78 is 1.71. The summed E-state index contributed by atoms with van der Waals surface area (Å²) in [6.45, 7) is 3.82. The Morgan fingerprint density at radius 2 is 2.27 bits per heavy atom. The summed E-state index contributed by atoms with van der Waals surface area (Å²) >= 11 is 5.87. The molecule has 0 aliphatic heterocycles. The van der Waals surface area contributed by atoms with Crippen molar-refractivity contribution >= 4 is 28.3 Å². The van der Waals surface area contributed by atoms with Gasteiger partial charge in [-0.05, 0) is 32.0 Å². The average Bonchev–Trinajstić information content (AvgIpc) is 2.42. The van der Waals surface area contributed by atoms with E-state index in [9.17, 15) is 4.79 Å². The number of aryl methyl sites for hydroxylation is 1. The van der Waals surface area contributed by atoms with Gasteiger partial charge in [-0.2, -0.15) is 5.10 Å². The first-order valence-electron chi connectivity index (χ1n) is 4.70. The Morgan fingerprint density at radius 1 is 1.53 bits per heavy atom. The molecule has 0 aliphatic rings. The minimum atomic E-state index is 0.0944. The number of hydrogen-bond acceptors (Lipinski definition) is 2. The Morgan fingerprint density at radius 3 is 2.93 bits per heavy atom. The van der Waals surface area contributed by atoms with E-state index in [0.717, 1.165) is 16.6 Å². The summed E-state index contributed by atoms with van der Waals surface area (Å²) in [7, 11) is 0. The van der Waals surface area contributed by atoms with Crippen molar-refractivity contribution in [2.45, 2.75) is 20.4 Å². The molecule has 78 valence electrons. The summed E-state index contributed by atoms with van der Waals surface area (Å²) in [6, 6.07) is 5.56. The minimum absolute atomic E-state index is 0.0944. The van der Waals surface area contributed by atoms with E-state index in [1.165, 1.54) is 0 Å². The fourth-order valence-corrected chi connectivity index (χ4v) is 1.77. The van der Waals surface area contributed by atoms with Gasteiger partial charge in [0.2, 0.25) is 0 Å². The Balaban J connectivity index is 2.58. The quantitative estimate of drug-likeness (QED) is 0.783. The lowest BCUT2D eigenvalue weighted by molar-refractivity contribution is -0.117. The first-order valence-corrected chi connectivity index (χ1v) is 5.08. The van der Waals surface area contributed by atoms with Crippen molar-refractivity contribution in [3.63, 3.8) is 0 Å². The fourth-order valence-electron chi connectivity index (χ4n) is 1.60. The van der Waals surface area contributed by atoms with Crippen molar-refractivity contribution in [3.8, 4) is 0 Å². The molecule has 2 aromatic rings. The van der Waals surface area contributed by atoms with Crippen molar-refractivity contribution in [2.24, 2.45) is 0 Å². The van der Waals surface area contributed by atoms with Crippen molar-refractivity contribution in [1.29, 1.82) is 0 Å². The number of halogens is 1. The molecule has 4 heteroatoms. The number of Topliss-reactive ketones (excluding diaryl/α,β-unsaturated/α-hetero) is 1. The van der Waals surface area contributed by atoms with Gasteiger partial charge in [0.25, 0.3) is 0 Å². The van der Waals surface area contributed by atoms with Gasteiger partial charge in [0.05, 0.1) is 12.1 Å². The van der Waals surface area contributed by atoms with Gasteiger partial charge in [0, 0.05) is 16.1 Å². The molecule has 2 rings (SSSR count). The number of fused-ring (bicyclic) bond motifs is 1. The van der Waals surface area contributed by atoms with Gasteiger partial charge in [-0.3, -0.25) is 9.48 Å². The molecule has 0 aliphatic carbocycles. The number of hydrogen-bond donors (Lipinski definition) is 0. The third-order valence-electron chi connectivity index (χ3n) is 2.34. The number of benzene rings is 1. The van der Waals surface area contributed by atoms with Crippen molar-refractivity contribution in [1.82, 2.24) is 9.78 Å². The summed E-state index contributed by atoms with van der Waals surface area (Å²) in [5, 5.41) is 6.03. The van der Waals surface area contributed by atoms with E-state index < -0.39 is 0 Å². The van der Waals surface area contributed by atoms with Gasteiger partial charge in [0.1, 0.15) is 0 Å². The smallest absolute Gasteiger partial charge is 0.151 e. The Labute approximate surface area is 92.6 Å². The van der Waals surface area contributed by atoms with Crippen LogP contribution in [0, 0.1) is 6.92 Å². The van der Waals surface area contributed by atoms with E-state index in [2.05, 4.69) is 5.10 Å². The first-order chi connectivity index (χ1) is 7.08. The molecule has 0 atom stereocenters. The van der Waals surface area contributed by atoms with Crippen LogP contribution in [0.25, 0.3) is 10.9 Å². The molecule has 0 radical (unpaired) electrons. The maximum Gasteiger partial charge on any atom is 0.151 e. The number of carbonyl (C=O) groups excluding carboxylic acids is 1. The largest absolute Gasteiger partial charge is 0.298 e. The van der Waals surface area contributed by atoms with E-state index in [1.807, 2.05) is 19.1 Å². The highest BCUT2D eigenvalue weighted by molar-refractivity contribution is 6.31. The van der Waals surface area contributed by atoms with E-state index in [4.69, 9.17) is 11.6 Å². The molecule has 1 heterocycles. The number of ketones is 1. The van der Waals surface area contributed by atoms with Crippen molar-refractivity contribution in [2.75, 3.05) is 0 Å². The lowest BCUT2D eigenvalue weighted by Crippen LogP contribution is -2.08. The lowest BCUT2D eigenvalue weighted by Gasteiger charge is -1.99. The Kier molecular flexibility index (Phi) is 2.49. The maximum absolute atomic E-state index is 11.0. The molecule has 0 fully saturated rings. The lowest BCUT2D eigenvalue weighted by atomic mass is 10.2. The van der Waals surface area contributed by atoms with Crippen LogP contribution >= 0.6 is 11.6 Å². The van der Waals surface area contributed by atoms with Crippen LogP contribution in [0.1, 0.15) is 12.6 Å². The van der Waals surface area contributed by atoms with Gasteiger partial charge >= 0.3 is 0 Å². The van der Waals surface area contributed by atoms with Crippen LogP contribution in [0.4, 0.5) is 0 Å². The minimum Gasteiger partial charge on any atom is -0.298 e. The zero-order valence-electron chi connectivity index (χ0n) is 8.62. The molecular formula is C11H11ClN2O. The van der Waals surface area contributed by atoms with Crippen molar-refractivity contribution in [3.05, 3.63) is 28.9 Å². The summed E-state index contributed by atoms with van der Waals surface area (Å²) in [5.41, 5.74) is 1.83. The molecule has 15 heavy (non-hydrogen) atoms. The van der Waals surface area contributed by atoms with Crippen LogP contribution in [0.5, 0.6) is 0 Å². The third kappa shape index (κ3) is 1.88. The molecular weight excluding hydrogens is 212 g/mol. The van der Waals surface area contributed by atoms with E-state index in [-0.39, 0.29) is 5.78 Å². The standard InChI is InChI=1S/C11H11ClN2O/c1-7(15)6-14-8(2)10-4-3-9(12)5-11(10)13-14/h3-5H,6H2,1-2H3. The van der Waals surface area contributed by atoms with Gasteiger partial charge < -0.3 is 0 Å². The van der Waals surface area contributed by atoms with Crippen LogP contribution in [-0.2, 0) is 11.3 Å². The topological polar surface area (TPSA) is 34.9 Å². The second-order valence-electron chi connectivity index (χ2n) is 3.61. The maximum atomic E-state index is 11.0. The van der Waals surface area contributed by atoms with Crippen molar-refractivity contribution < 1.29 is 4.79 Å². The van der Waals surface area contributed by atoms with Gasteiger partial charge in [0.15, 0.2) is 5.78 Å². The normalized spacial score (nSPS) is 10.9. The second kappa shape index (κ2) is 3.66. The van der Waals surface area contributed by atoms with E-state index in [0.29, 0.717) is 11.6 Å². The zero-order valence-corrected chi connectivity index (χ0v) is 9.38. The molecule has 0 saturated heterocycles. The molecule has 1 aromatic heterocycles. The monoisotopic (exact) mass is 222 g/mol. The van der Waals surface area contributed by atoms with Gasteiger partial charge in [-0.1, -0.05) is 11.6 Å². The zero-order chi connectivity index (χ0) is 11.0. The molecule has 1 aromatic carbocycles. The van der Waals surface area contributed by atoms with Crippen LogP contribution in [0.2, 0.25) is 5.02 Å². The highest BCUT2D eigenvalue weighted by atomic mass is 35.5. The summed E-state index contributed by atoms with van der Waals surface area (Å²) in [5.74, 6) is 0.0944. The van der Waals surface area contributed by atoms with Gasteiger partial charge in [-0.25, -0.2) is 0 Å². The third-order valence-corrected chi connectivity index (χ3v) is 2.57. The van der Waals surface area contributed by atoms with E-state index >= 15 is 0 Å². The highest BCUT2D eigenvalue weighted by Crippen LogP contribution is 2.21. The fraction of sp³-hybridized carbons (Fsp3) is 0.273. The highest BCUT2D eigenvalue weighted by Gasteiger charge is 2.08. The predicted octanol–water partition coefficient (Wildman–Crippen LogP) is 2.59.